The zero-order valence-electron chi connectivity index (χ0n) is 14.7. The smallest absolute Gasteiger partial charge is 0.172 e. The molecule has 0 fully saturated rings. The molecule has 0 amide bonds. The first-order valence-electron chi connectivity index (χ1n) is 8.14. The highest BCUT2D eigenvalue weighted by molar-refractivity contribution is 6.30. The Morgan fingerprint density at radius 2 is 1.74 bits per heavy atom. The van der Waals surface area contributed by atoms with Crippen molar-refractivity contribution in [2.75, 3.05) is 14.2 Å². The lowest BCUT2D eigenvalue weighted by molar-refractivity contribution is 0.355. The van der Waals surface area contributed by atoms with Crippen LogP contribution in [0.4, 0.5) is 0 Å². The number of imidazole rings is 1. The van der Waals surface area contributed by atoms with Crippen LogP contribution in [-0.4, -0.2) is 28.8 Å². The summed E-state index contributed by atoms with van der Waals surface area (Å²) in [5.74, 6) is 1.27. The van der Waals surface area contributed by atoms with Crippen molar-refractivity contribution in [2.24, 2.45) is 0 Å². The van der Waals surface area contributed by atoms with Gasteiger partial charge in [0.15, 0.2) is 17.1 Å². The first-order valence-corrected chi connectivity index (χ1v) is 8.52. The maximum absolute atomic E-state index is 9.67. The van der Waals surface area contributed by atoms with Crippen LogP contribution in [0.2, 0.25) is 5.02 Å². The summed E-state index contributed by atoms with van der Waals surface area (Å²) in [5, 5.41) is 13.5. The number of H-pyrrole nitrogens is 1. The molecule has 1 N–H and O–H groups in total. The zero-order chi connectivity index (χ0) is 19.0. The highest BCUT2D eigenvalue weighted by atomic mass is 35.5. The summed E-state index contributed by atoms with van der Waals surface area (Å²) in [6.07, 6.45) is 1.84. The normalized spacial score (nSPS) is 10.7. The molecule has 0 aliphatic rings. The van der Waals surface area contributed by atoms with Gasteiger partial charge < -0.3 is 9.47 Å². The van der Waals surface area contributed by atoms with Crippen LogP contribution in [-0.2, 0) is 0 Å². The van der Waals surface area contributed by atoms with E-state index in [1.165, 1.54) is 0 Å². The monoisotopic (exact) mass is 378 g/mol. The molecular formula is C20H15ClN4O2. The maximum Gasteiger partial charge on any atom is 0.172 e. The Balaban J connectivity index is 1.81. The van der Waals surface area contributed by atoms with Gasteiger partial charge in [-0.2, -0.15) is 5.26 Å². The number of nitrogens with one attached hydrogen (secondary N) is 1. The lowest BCUT2D eigenvalue weighted by atomic mass is 10.1. The van der Waals surface area contributed by atoms with Gasteiger partial charge in [0.2, 0.25) is 0 Å². The average Bonchev–Trinajstić information content (AvgIpc) is 3.25. The Hall–Kier alpha value is -3.43. The number of aromatic nitrogens is 3. The minimum atomic E-state index is 0.476. The number of hydrogen-bond acceptors (Lipinski definition) is 4. The number of hydrogen-bond donors (Lipinski definition) is 1. The number of aromatic amines is 1. The third kappa shape index (κ3) is 2.88. The zero-order valence-corrected chi connectivity index (χ0v) is 15.4. The number of benzene rings is 2. The fourth-order valence-corrected chi connectivity index (χ4v) is 3.12. The third-order valence-electron chi connectivity index (χ3n) is 4.34. The van der Waals surface area contributed by atoms with Gasteiger partial charge in [0.25, 0.3) is 0 Å². The van der Waals surface area contributed by atoms with Crippen molar-refractivity contribution in [3.8, 4) is 40.1 Å². The number of nitrogens with zero attached hydrogens (tertiary/aromatic N) is 3. The second-order valence-corrected chi connectivity index (χ2v) is 6.31. The van der Waals surface area contributed by atoms with E-state index >= 15 is 0 Å². The van der Waals surface area contributed by atoms with Gasteiger partial charge in [-0.15, -0.1) is 0 Å². The summed E-state index contributed by atoms with van der Waals surface area (Å²) < 4.78 is 12.4. The molecule has 0 unspecified atom stereocenters. The SMILES string of the molecule is COc1ccc(-c2cn3[nH]c(-c4ccc(Cl)cc4)c(C#N)c3n2)cc1OC. The summed E-state index contributed by atoms with van der Waals surface area (Å²) >= 11 is 5.95. The third-order valence-corrected chi connectivity index (χ3v) is 4.59. The van der Waals surface area contributed by atoms with Gasteiger partial charge in [-0.1, -0.05) is 23.7 Å². The summed E-state index contributed by atoms with van der Waals surface area (Å²) in [7, 11) is 3.18. The molecular weight excluding hydrogens is 364 g/mol. The molecule has 2 aromatic heterocycles. The highest BCUT2D eigenvalue weighted by Crippen LogP contribution is 2.33. The number of fused-ring (bicyclic) bond motifs is 1. The fourth-order valence-electron chi connectivity index (χ4n) is 3.00. The maximum atomic E-state index is 9.67. The molecule has 2 heterocycles. The summed E-state index contributed by atoms with van der Waals surface area (Å²) in [6, 6.07) is 15.1. The van der Waals surface area contributed by atoms with E-state index in [0.717, 1.165) is 16.8 Å². The molecule has 6 nitrogen and oxygen atoms in total. The fraction of sp³-hybridized carbons (Fsp3) is 0.100. The van der Waals surface area contributed by atoms with E-state index in [1.54, 1.807) is 30.9 Å². The van der Waals surface area contributed by atoms with Crippen molar-refractivity contribution in [3.05, 3.63) is 59.2 Å². The van der Waals surface area contributed by atoms with Crippen LogP contribution in [0.1, 0.15) is 5.56 Å². The Kier molecular flexibility index (Phi) is 4.22. The quantitative estimate of drug-likeness (QED) is 0.565. The first kappa shape index (κ1) is 17.0. The average molecular weight is 379 g/mol. The molecule has 0 saturated carbocycles. The van der Waals surface area contributed by atoms with Gasteiger partial charge in [0, 0.05) is 16.1 Å². The van der Waals surface area contributed by atoms with Crippen molar-refractivity contribution in [1.82, 2.24) is 14.6 Å². The van der Waals surface area contributed by atoms with Crippen LogP contribution in [0.3, 0.4) is 0 Å². The Morgan fingerprint density at radius 1 is 1.04 bits per heavy atom. The van der Waals surface area contributed by atoms with Crippen LogP contribution in [0.15, 0.2) is 48.7 Å². The molecule has 7 heteroatoms. The number of rotatable bonds is 4. The summed E-state index contributed by atoms with van der Waals surface area (Å²) in [6.45, 7) is 0. The Bertz CT molecular complexity index is 1170. The lowest BCUT2D eigenvalue weighted by Gasteiger charge is -2.08. The number of ether oxygens (including phenoxy) is 2. The van der Waals surface area contributed by atoms with Crippen LogP contribution < -0.4 is 9.47 Å². The van der Waals surface area contributed by atoms with Gasteiger partial charge in [0.05, 0.1) is 31.8 Å². The van der Waals surface area contributed by atoms with E-state index in [-0.39, 0.29) is 0 Å². The second kappa shape index (κ2) is 6.71. The molecule has 134 valence electrons. The van der Waals surface area contributed by atoms with Gasteiger partial charge in [-0.25, -0.2) is 9.50 Å². The van der Waals surface area contributed by atoms with E-state index in [4.69, 9.17) is 21.1 Å². The van der Waals surface area contributed by atoms with E-state index in [9.17, 15) is 5.26 Å². The van der Waals surface area contributed by atoms with Crippen molar-refractivity contribution in [2.45, 2.75) is 0 Å². The van der Waals surface area contributed by atoms with Gasteiger partial charge in [0.1, 0.15) is 11.6 Å². The van der Waals surface area contributed by atoms with E-state index in [0.29, 0.717) is 33.4 Å². The minimum Gasteiger partial charge on any atom is -0.493 e. The molecule has 0 bridgehead atoms. The van der Waals surface area contributed by atoms with Crippen molar-refractivity contribution >= 4 is 17.2 Å². The van der Waals surface area contributed by atoms with Crippen molar-refractivity contribution in [1.29, 1.82) is 5.26 Å². The first-order chi connectivity index (χ1) is 13.1. The second-order valence-electron chi connectivity index (χ2n) is 5.87. The largest absolute Gasteiger partial charge is 0.493 e. The molecule has 0 aliphatic heterocycles. The molecule has 27 heavy (non-hydrogen) atoms. The molecule has 0 atom stereocenters. The Labute approximate surface area is 160 Å². The van der Waals surface area contributed by atoms with Gasteiger partial charge >= 0.3 is 0 Å². The number of methoxy groups -OCH3 is 2. The van der Waals surface area contributed by atoms with Crippen LogP contribution in [0.25, 0.3) is 28.2 Å². The summed E-state index contributed by atoms with van der Waals surface area (Å²) in [5.41, 5.74) is 4.20. The number of halogens is 1. The van der Waals surface area contributed by atoms with Crippen molar-refractivity contribution < 1.29 is 9.47 Å². The van der Waals surface area contributed by atoms with Gasteiger partial charge in [-0.3, -0.25) is 5.10 Å². The highest BCUT2D eigenvalue weighted by Gasteiger charge is 2.17. The van der Waals surface area contributed by atoms with E-state index in [1.807, 2.05) is 36.5 Å². The van der Waals surface area contributed by atoms with E-state index < -0.39 is 0 Å². The topological polar surface area (TPSA) is 75.3 Å². The molecule has 0 aliphatic carbocycles. The molecule has 0 saturated heterocycles. The lowest BCUT2D eigenvalue weighted by Crippen LogP contribution is -1.91. The van der Waals surface area contributed by atoms with Crippen molar-refractivity contribution in [3.63, 3.8) is 0 Å². The predicted molar refractivity (Wildman–Crippen MR) is 103 cm³/mol. The summed E-state index contributed by atoms with van der Waals surface area (Å²) in [4.78, 5) is 4.64. The molecule has 0 spiro atoms. The van der Waals surface area contributed by atoms with Gasteiger partial charge in [-0.05, 0) is 30.3 Å². The molecule has 0 radical (unpaired) electrons. The Morgan fingerprint density at radius 3 is 2.41 bits per heavy atom. The minimum absolute atomic E-state index is 0.476. The van der Waals surface area contributed by atoms with Crippen LogP contribution in [0.5, 0.6) is 11.5 Å². The molecule has 4 rings (SSSR count). The van der Waals surface area contributed by atoms with E-state index in [2.05, 4.69) is 16.2 Å². The predicted octanol–water partition coefficient (Wildman–Crippen LogP) is 4.54. The number of nitriles is 1. The standard InChI is InChI=1S/C20H15ClN4O2/c1-26-17-8-5-13(9-18(17)27-2)16-11-25-20(23-16)15(10-22)19(24-25)12-3-6-14(21)7-4-12/h3-9,11,24H,1-2H3. The molecule has 2 aromatic carbocycles. The van der Waals surface area contributed by atoms with Crippen LogP contribution >= 0.6 is 11.6 Å². The van der Waals surface area contributed by atoms with Crippen LogP contribution in [0, 0.1) is 11.3 Å². The molecule has 4 aromatic rings.